The summed E-state index contributed by atoms with van der Waals surface area (Å²) in [6.07, 6.45) is 1.18. The molecule has 0 radical (unpaired) electrons. The van der Waals surface area contributed by atoms with Crippen LogP contribution in [0.15, 0.2) is 46.9 Å². The molecule has 2 fully saturated rings. The molecule has 114 valence electrons. The molecule has 1 saturated carbocycles. The maximum atomic E-state index is 6.25. The molecule has 2 aliphatic rings. The van der Waals surface area contributed by atoms with Crippen molar-refractivity contribution < 1.29 is 9.47 Å². The average Bonchev–Trinajstić information content (AvgIpc) is 2.95. The Hall–Kier alpha value is -1.03. The maximum Gasteiger partial charge on any atom is 0.119 e. The Morgan fingerprint density at radius 3 is 2.55 bits per heavy atom. The topological polar surface area (TPSA) is 18.5 Å². The van der Waals surface area contributed by atoms with Crippen molar-refractivity contribution in [1.29, 1.82) is 0 Å². The summed E-state index contributed by atoms with van der Waals surface area (Å²) in [6.45, 7) is 1.71. The molecule has 0 bridgehead atoms. The summed E-state index contributed by atoms with van der Waals surface area (Å²) in [6, 6.07) is 14.3. The van der Waals surface area contributed by atoms with Gasteiger partial charge in [-0.3, -0.25) is 0 Å². The number of rotatable bonds is 4. The van der Waals surface area contributed by atoms with Gasteiger partial charge in [-0.1, -0.05) is 39.7 Å². The van der Waals surface area contributed by atoms with Crippen LogP contribution in [0.2, 0.25) is 5.02 Å². The van der Waals surface area contributed by atoms with Crippen molar-refractivity contribution in [2.75, 3.05) is 13.2 Å². The van der Waals surface area contributed by atoms with E-state index in [1.165, 1.54) is 5.56 Å². The third kappa shape index (κ3) is 2.90. The molecule has 0 N–H and O–H groups in total. The van der Waals surface area contributed by atoms with Crippen molar-refractivity contribution in [2.24, 2.45) is 11.8 Å². The van der Waals surface area contributed by atoms with Crippen LogP contribution in [0.4, 0.5) is 0 Å². The average molecular weight is 380 g/mol. The van der Waals surface area contributed by atoms with E-state index in [1.54, 1.807) is 0 Å². The number of hydrogen-bond acceptors (Lipinski definition) is 2. The normalized spacial score (nSPS) is 25.8. The van der Waals surface area contributed by atoms with Crippen LogP contribution < -0.4 is 4.74 Å². The van der Waals surface area contributed by atoms with Crippen molar-refractivity contribution >= 4 is 27.5 Å². The first kappa shape index (κ1) is 14.6. The SMILES string of the molecule is Clc1ccc(Br)cc1Cc1ccc(OC2C3COCC32)cc1. The number of benzene rings is 2. The van der Waals surface area contributed by atoms with Crippen LogP contribution in [0.25, 0.3) is 0 Å². The largest absolute Gasteiger partial charge is 0.490 e. The minimum Gasteiger partial charge on any atom is -0.490 e. The molecule has 1 aliphatic carbocycles. The highest BCUT2D eigenvalue weighted by molar-refractivity contribution is 9.10. The van der Waals surface area contributed by atoms with E-state index >= 15 is 0 Å². The highest BCUT2D eigenvalue weighted by atomic mass is 79.9. The Balaban J connectivity index is 1.42. The zero-order valence-corrected chi connectivity index (χ0v) is 14.3. The van der Waals surface area contributed by atoms with Crippen molar-refractivity contribution in [2.45, 2.75) is 12.5 Å². The van der Waals surface area contributed by atoms with Gasteiger partial charge in [0, 0.05) is 21.3 Å². The van der Waals surface area contributed by atoms with E-state index in [0.29, 0.717) is 17.9 Å². The highest BCUT2D eigenvalue weighted by Gasteiger charge is 2.56. The molecule has 2 aromatic rings. The lowest BCUT2D eigenvalue weighted by molar-refractivity contribution is 0.119. The van der Waals surface area contributed by atoms with Crippen LogP contribution in [0.5, 0.6) is 5.75 Å². The Morgan fingerprint density at radius 2 is 1.82 bits per heavy atom. The predicted octanol–water partition coefficient (Wildman–Crippen LogP) is 4.72. The minimum absolute atomic E-state index is 0.360. The van der Waals surface area contributed by atoms with Gasteiger partial charge in [0.2, 0.25) is 0 Å². The third-order valence-electron chi connectivity index (χ3n) is 4.47. The molecule has 0 spiro atoms. The van der Waals surface area contributed by atoms with Gasteiger partial charge in [-0.2, -0.15) is 0 Å². The van der Waals surface area contributed by atoms with E-state index in [4.69, 9.17) is 21.1 Å². The summed E-state index contributed by atoms with van der Waals surface area (Å²) in [4.78, 5) is 0. The first-order chi connectivity index (χ1) is 10.7. The Kier molecular flexibility index (Phi) is 3.89. The molecule has 4 rings (SSSR count). The number of ether oxygens (including phenoxy) is 2. The fraction of sp³-hybridized carbons (Fsp3) is 0.333. The third-order valence-corrected chi connectivity index (χ3v) is 5.33. The van der Waals surface area contributed by atoms with Gasteiger partial charge in [-0.25, -0.2) is 0 Å². The molecule has 2 nitrogen and oxygen atoms in total. The van der Waals surface area contributed by atoms with E-state index in [1.807, 2.05) is 12.1 Å². The summed E-state index contributed by atoms with van der Waals surface area (Å²) < 4.78 is 12.5. The summed E-state index contributed by atoms with van der Waals surface area (Å²) in [5.41, 5.74) is 2.35. The molecule has 1 heterocycles. The van der Waals surface area contributed by atoms with Gasteiger partial charge < -0.3 is 9.47 Å². The Morgan fingerprint density at radius 1 is 1.09 bits per heavy atom. The van der Waals surface area contributed by atoms with E-state index in [9.17, 15) is 0 Å². The lowest BCUT2D eigenvalue weighted by Gasteiger charge is -2.10. The molecule has 2 unspecified atom stereocenters. The van der Waals surface area contributed by atoms with E-state index < -0.39 is 0 Å². The second-order valence-electron chi connectivity index (χ2n) is 6.00. The zero-order valence-electron chi connectivity index (χ0n) is 12.0. The summed E-state index contributed by atoms with van der Waals surface area (Å²) in [7, 11) is 0. The van der Waals surface area contributed by atoms with Gasteiger partial charge in [0.1, 0.15) is 11.9 Å². The molecule has 1 saturated heterocycles. The highest BCUT2D eigenvalue weighted by Crippen LogP contribution is 2.46. The van der Waals surface area contributed by atoms with Crippen molar-refractivity contribution in [3.63, 3.8) is 0 Å². The predicted molar refractivity (Wildman–Crippen MR) is 90.6 cm³/mol. The smallest absolute Gasteiger partial charge is 0.119 e. The van der Waals surface area contributed by atoms with Gasteiger partial charge in [-0.15, -0.1) is 0 Å². The number of hydrogen-bond donors (Lipinski definition) is 0. The second kappa shape index (κ2) is 5.88. The molecular weight excluding hydrogens is 364 g/mol. The lowest BCUT2D eigenvalue weighted by atomic mass is 10.1. The van der Waals surface area contributed by atoms with E-state index in [0.717, 1.165) is 40.4 Å². The van der Waals surface area contributed by atoms with Crippen LogP contribution in [0.3, 0.4) is 0 Å². The minimum atomic E-state index is 0.360. The Bertz CT molecular complexity index is 676. The maximum absolute atomic E-state index is 6.25. The molecular formula is C18H16BrClO2. The second-order valence-corrected chi connectivity index (χ2v) is 7.33. The fourth-order valence-corrected chi connectivity index (χ4v) is 3.70. The Labute approximate surface area is 143 Å². The molecule has 0 aromatic heterocycles. The van der Waals surface area contributed by atoms with Gasteiger partial charge in [0.25, 0.3) is 0 Å². The van der Waals surface area contributed by atoms with E-state index in [-0.39, 0.29) is 0 Å². The van der Waals surface area contributed by atoms with Crippen LogP contribution in [-0.2, 0) is 11.2 Å². The standard InChI is InChI=1S/C18H16BrClO2/c19-13-3-6-17(20)12(8-13)7-11-1-4-14(5-2-11)22-18-15-9-21-10-16(15)18/h1-6,8,15-16,18H,7,9-10H2. The quantitative estimate of drug-likeness (QED) is 0.765. The van der Waals surface area contributed by atoms with Gasteiger partial charge in [0.05, 0.1) is 13.2 Å². The van der Waals surface area contributed by atoms with Gasteiger partial charge >= 0.3 is 0 Å². The molecule has 1 aliphatic heterocycles. The molecule has 4 heteroatoms. The van der Waals surface area contributed by atoms with Crippen LogP contribution in [0, 0.1) is 11.8 Å². The molecule has 2 aromatic carbocycles. The summed E-state index contributed by atoms with van der Waals surface area (Å²) in [5, 5.41) is 0.800. The number of fused-ring (bicyclic) bond motifs is 1. The molecule has 0 amide bonds. The molecule has 22 heavy (non-hydrogen) atoms. The van der Waals surface area contributed by atoms with Crippen LogP contribution >= 0.6 is 27.5 Å². The van der Waals surface area contributed by atoms with E-state index in [2.05, 4.69) is 46.3 Å². The van der Waals surface area contributed by atoms with Gasteiger partial charge in [-0.05, 0) is 47.9 Å². The lowest BCUT2D eigenvalue weighted by Crippen LogP contribution is -2.09. The summed E-state index contributed by atoms with van der Waals surface area (Å²) in [5.74, 6) is 2.17. The summed E-state index contributed by atoms with van der Waals surface area (Å²) >= 11 is 9.74. The van der Waals surface area contributed by atoms with Gasteiger partial charge in [0.15, 0.2) is 0 Å². The van der Waals surface area contributed by atoms with Crippen molar-refractivity contribution in [3.8, 4) is 5.75 Å². The first-order valence-corrected chi connectivity index (χ1v) is 8.65. The van der Waals surface area contributed by atoms with Crippen LogP contribution in [0.1, 0.15) is 11.1 Å². The zero-order chi connectivity index (χ0) is 15.1. The van der Waals surface area contributed by atoms with Crippen molar-refractivity contribution in [3.05, 3.63) is 63.1 Å². The fourth-order valence-electron chi connectivity index (χ4n) is 3.10. The molecule has 2 atom stereocenters. The van der Waals surface area contributed by atoms with Crippen LogP contribution in [-0.4, -0.2) is 19.3 Å². The van der Waals surface area contributed by atoms with Crippen molar-refractivity contribution in [1.82, 2.24) is 0 Å². The monoisotopic (exact) mass is 378 g/mol. The first-order valence-electron chi connectivity index (χ1n) is 7.48. The number of halogens is 2.